The summed E-state index contributed by atoms with van der Waals surface area (Å²) in [5.41, 5.74) is 1.17. The number of hydrogen-bond acceptors (Lipinski definition) is 2. The maximum atomic E-state index is 12.2. The number of hydrogen-bond donors (Lipinski definition) is 0. The average molecular weight is 250 g/mol. The van der Waals surface area contributed by atoms with Crippen LogP contribution in [0.1, 0.15) is 18.4 Å². The first-order chi connectivity index (χ1) is 8.24. The normalized spacial score (nSPS) is 31.8. The van der Waals surface area contributed by atoms with Crippen LogP contribution in [0.5, 0.6) is 0 Å². The summed E-state index contributed by atoms with van der Waals surface area (Å²) in [6, 6.07) is 7.96. The van der Waals surface area contributed by atoms with E-state index in [0.717, 1.165) is 37.4 Å². The standard InChI is InChI=1S/C14H16ClNO/c15-12-3-1-2-10(8-12)9-13-14(17)11-4-6-16(13)7-5-11/h1-3,8,11,13H,4-7,9H2. The Labute approximate surface area is 107 Å². The molecule has 1 atom stereocenters. The SMILES string of the molecule is O=C1C2CCN(CC2)C1Cc1cccc(Cl)c1. The van der Waals surface area contributed by atoms with Gasteiger partial charge in [-0.1, -0.05) is 23.7 Å². The quantitative estimate of drug-likeness (QED) is 0.803. The lowest BCUT2D eigenvalue weighted by Crippen LogP contribution is -2.56. The topological polar surface area (TPSA) is 20.3 Å². The zero-order valence-corrected chi connectivity index (χ0v) is 10.5. The largest absolute Gasteiger partial charge is 0.298 e. The Morgan fingerprint density at radius 2 is 2.06 bits per heavy atom. The Kier molecular flexibility index (Phi) is 2.93. The van der Waals surface area contributed by atoms with Crippen LogP contribution in [0.3, 0.4) is 0 Å². The summed E-state index contributed by atoms with van der Waals surface area (Å²) in [5, 5.41) is 0.755. The fraction of sp³-hybridized carbons (Fsp3) is 0.500. The molecule has 17 heavy (non-hydrogen) atoms. The molecule has 1 unspecified atom stereocenters. The van der Waals surface area contributed by atoms with Gasteiger partial charge in [0.2, 0.25) is 0 Å². The Morgan fingerprint density at radius 3 is 2.71 bits per heavy atom. The highest BCUT2D eigenvalue weighted by molar-refractivity contribution is 6.30. The molecule has 3 saturated heterocycles. The molecule has 0 aliphatic carbocycles. The molecule has 0 radical (unpaired) electrons. The minimum Gasteiger partial charge on any atom is -0.298 e. The van der Waals surface area contributed by atoms with E-state index >= 15 is 0 Å². The summed E-state index contributed by atoms with van der Waals surface area (Å²) in [6.45, 7) is 2.17. The first-order valence-corrected chi connectivity index (χ1v) is 6.64. The molecule has 1 aromatic rings. The van der Waals surface area contributed by atoms with Crippen LogP contribution in [0.15, 0.2) is 24.3 Å². The second kappa shape index (κ2) is 4.43. The summed E-state index contributed by atoms with van der Waals surface area (Å²) in [7, 11) is 0. The van der Waals surface area contributed by atoms with Gasteiger partial charge in [0.1, 0.15) is 0 Å². The van der Waals surface area contributed by atoms with Crippen LogP contribution >= 0.6 is 11.6 Å². The lowest BCUT2D eigenvalue weighted by atomic mass is 9.80. The number of ketones is 1. The minimum absolute atomic E-state index is 0.0981. The van der Waals surface area contributed by atoms with Crippen LogP contribution in [0.4, 0.5) is 0 Å². The van der Waals surface area contributed by atoms with E-state index in [4.69, 9.17) is 11.6 Å². The van der Waals surface area contributed by atoms with Crippen LogP contribution in [0.25, 0.3) is 0 Å². The van der Waals surface area contributed by atoms with Gasteiger partial charge in [-0.2, -0.15) is 0 Å². The van der Waals surface area contributed by atoms with Gasteiger partial charge in [0.05, 0.1) is 6.04 Å². The summed E-state index contributed by atoms with van der Waals surface area (Å²) in [5.74, 6) is 0.770. The van der Waals surface area contributed by atoms with Gasteiger partial charge in [-0.3, -0.25) is 9.69 Å². The van der Waals surface area contributed by atoms with Crippen LogP contribution in [-0.2, 0) is 11.2 Å². The molecule has 1 aromatic carbocycles. The van der Waals surface area contributed by atoms with Gasteiger partial charge in [-0.15, -0.1) is 0 Å². The third kappa shape index (κ3) is 2.12. The molecule has 0 aromatic heterocycles. The number of piperidine rings is 3. The van der Waals surface area contributed by atoms with Crippen molar-refractivity contribution in [2.75, 3.05) is 13.1 Å². The third-order valence-electron chi connectivity index (χ3n) is 4.02. The first kappa shape index (κ1) is 11.2. The van der Waals surface area contributed by atoms with E-state index in [1.807, 2.05) is 18.2 Å². The molecule has 3 heteroatoms. The van der Waals surface area contributed by atoms with Crippen LogP contribution in [0, 0.1) is 5.92 Å². The lowest BCUT2D eigenvalue weighted by molar-refractivity contribution is -0.136. The van der Waals surface area contributed by atoms with Crippen molar-refractivity contribution >= 4 is 17.4 Å². The molecule has 3 fully saturated rings. The predicted octanol–water partition coefficient (Wildman–Crippen LogP) is 2.55. The average Bonchev–Trinajstić information content (AvgIpc) is 2.34. The van der Waals surface area contributed by atoms with E-state index in [1.165, 1.54) is 5.56 Å². The van der Waals surface area contributed by atoms with Crippen molar-refractivity contribution in [2.45, 2.75) is 25.3 Å². The zero-order valence-electron chi connectivity index (χ0n) is 9.73. The van der Waals surface area contributed by atoms with Crippen molar-refractivity contribution in [3.8, 4) is 0 Å². The van der Waals surface area contributed by atoms with Crippen molar-refractivity contribution < 1.29 is 4.79 Å². The molecule has 0 spiro atoms. The molecular weight excluding hydrogens is 234 g/mol. The van der Waals surface area contributed by atoms with Crippen LogP contribution in [-0.4, -0.2) is 29.8 Å². The van der Waals surface area contributed by atoms with Gasteiger partial charge in [-0.05, 0) is 50.0 Å². The van der Waals surface area contributed by atoms with Gasteiger partial charge in [-0.25, -0.2) is 0 Å². The van der Waals surface area contributed by atoms with E-state index in [9.17, 15) is 4.79 Å². The Bertz CT molecular complexity index is 438. The minimum atomic E-state index is 0.0981. The van der Waals surface area contributed by atoms with E-state index < -0.39 is 0 Å². The molecule has 2 bridgehead atoms. The highest BCUT2D eigenvalue weighted by Gasteiger charge is 2.40. The fourth-order valence-corrected chi connectivity index (χ4v) is 3.28. The number of carbonyl (C=O) groups is 1. The van der Waals surface area contributed by atoms with Crippen LogP contribution in [0.2, 0.25) is 5.02 Å². The molecule has 3 heterocycles. The molecule has 4 rings (SSSR count). The number of nitrogens with zero attached hydrogens (tertiary/aromatic N) is 1. The molecule has 3 aliphatic heterocycles. The summed E-state index contributed by atoms with van der Waals surface area (Å²) in [4.78, 5) is 14.5. The zero-order chi connectivity index (χ0) is 11.8. The molecule has 0 amide bonds. The fourth-order valence-electron chi connectivity index (χ4n) is 3.06. The Morgan fingerprint density at radius 1 is 1.29 bits per heavy atom. The van der Waals surface area contributed by atoms with Crippen molar-refractivity contribution in [3.63, 3.8) is 0 Å². The number of halogens is 1. The van der Waals surface area contributed by atoms with E-state index in [1.54, 1.807) is 0 Å². The predicted molar refractivity (Wildman–Crippen MR) is 68.2 cm³/mol. The van der Waals surface area contributed by atoms with E-state index in [-0.39, 0.29) is 6.04 Å². The second-order valence-electron chi connectivity index (χ2n) is 5.06. The molecule has 90 valence electrons. The van der Waals surface area contributed by atoms with Gasteiger partial charge >= 0.3 is 0 Å². The monoisotopic (exact) mass is 249 g/mol. The van der Waals surface area contributed by atoms with E-state index in [2.05, 4.69) is 11.0 Å². The molecule has 0 saturated carbocycles. The highest BCUT2D eigenvalue weighted by Crippen LogP contribution is 2.30. The maximum Gasteiger partial charge on any atom is 0.153 e. The third-order valence-corrected chi connectivity index (χ3v) is 4.25. The van der Waals surface area contributed by atoms with Gasteiger partial charge in [0.25, 0.3) is 0 Å². The second-order valence-corrected chi connectivity index (χ2v) is 5.50. The number of Topliss-reactive ketones (excluding diaryl/α,β-unsaturated/α-hetero) is 1. The number of rotatable bonds is 2. The van der Waals surface area contributed by atoms with Gasteiger partial charge in [0.15, 0.2) is 5.78 Å². The van der Waals surface area contributed by atoms with Crippen LogP contribution < -0.4 is 0 Å². The highest BCUT2D eigenvalue weighted by atomic mass is 35.5. The smallest absolute Gasteiger partial charge is 0.153 e. The number of benzene rings is 1. The Balaban J connectivity index is 1.79. The molecule has 0 N–H and O–H groups in total. The van der Waals surface area contributed by atoms with Gasteiger partial charge in [0, 0.05) is 10.9 Å². The van der Waals surface area contributed by atoms with E-state index in [0.29, 0.717) is 11.7 Å². The Hall–Kier alpha value is -0.860. The van der Waals surface area contributed by atoms with Crippen molar-refractivity contribution in [1.29, 1.82) is 0 Å². The number of fused-ring (bicyclic) bond motifs is 3. The summed E-state index contributed by atoms with van der Waals surface area (Å²) in [6.07, 6.45) is 2.94. The van der Waals surface area contributed by atoms with Crippen molar-refractivity contribution in [2.24, 2.45) is 5.92 Å². The summed E-state index contributed by atoms with van der Waals surface area (Å²) >= 11 is 5.98. The maximum absolute atomic E-state index is 12.2. The number of carbonyl (C=O) groups excluding carboxylic acids is 1. The summed E-state index contributed by atoms with van der Waals surface area (Å²) < 4.78 is 0. The van der Waals surface area contributed by atoms with Crippen molar-refractivity contribution in [1.82, 2.24) is 4.90 Å². The first-order valence-electron chi connectivity index (χ1n) is 6.26. The van der Waals surface area contributed by atoms with Gasteiger partial charge < -0.3 is 0 Å². The molecular formula is C14H16ClNO. The van der Waals surface area contributed by atoms with Crippen molar-refractivity contribution in [3.05, 3.63) is 34.9 Å². The molecule has 3 aliphatic rings. The lowest BCUT2D eigenvalue weighted by Gasteiger charge is -2.44. The molecule has 2 nitrogen and oxygen atoms in total.